The minimum Gasteiger partial charge on any atom is -0.330 e. The number of hydrogen-bond donors (Lipinski definition) is 1. The molecule has 90 valence electrons. The Morgan fingerprint density at radius 3 is 2.53 bits per heavy atom. The Morgan fingerprint density at radius 1 is 1.29 bits per heavy atom. The molecule has 0 saturated carbocycles. The molecule has 0 atom stereocenters. The van der Waals surface area contributed by atoms with Gasteiger partial charge in [0.15, 0.2) is 0 Å². The van der Waals surface area contributed by atoms with Crippen molar-refractivity contribution in [3.05, 3.63) is 35.1 Å². The second-order valence-corrected chi connectivity index (χ2v) is 5.76. The zero-order valence-electron chi connectivity index (χ0n) is 10.4. The van der Waals surface area contributed by atoms with E-state index < -0.39 is 0 Å². The van der Waals surface area contributed by atoms with E-state index in [0.29, 0.717) is 6.54 Å². The highest BCUT2D eigenvalue weighted by Crippen LogP contribution is 2.35. The van der Waals surface area contributed by atoms with E-state index in [-0.39, 0.29) is 5.41 Å². The minimum atomic E-state index is -0.00691. The number of aryl methyl sites for hydroxylation is 1. The summed E-state index contributed by atoms with van der Waals surface area (Å²) < 4.78 is 0. The SMILES string of the molecule is Cc1nc(-c2ccncc2)sc1C(C)(C)CN. The van der Waals surface area contributed by atoms with E-state index in [1.807, 2.05) is 19.1 Å². The fourth-order valence-corrected chi connectivity index (χ4v) is 2.92. The van der Waals surface area contributed by atoms with Gasteiger partial charge in [-0.3, -0.25) is 4.98 Å². The van der Waals surface area contributed by atoms with E-state index >= 15 is 0 Å². The van der Waals surface area contributed by atoms with Crippen LogP contribution in [0.1, 0.15) is 24.4 Å². The fraction of sp³-hybridized carbons (Fsp3) is 0.385. The van der Waals surface area contributed by atoms with Gasteiger partial charge in [-0.15, -0.1) is 11.3 Å². The monoisotopic (exact) mass is 247 g/mol. The summed E-state index contributed by atoms with van der Waals surface area (Å²) in [5, 5.41) is 1.04. The van der Waals surface area contributed by atoms with E-state index in [0.717, 1.165) is 16.3 Å². The summed E-state index contributed by atoms with van der Waals surface area (Å²) in [6.45, 7) is 6.99. The van der Waals surface area contributed by atoms with E-state index in [9.17, 15) is 0 Å². The second-order valence-electron chi connectivity index (χ2n) is 4.76. The molecule has 0 aliphatic carbocycles. The van der Waals surface area contributed by atoms with Gasteiger partial charge >= 0.3 is 0 Å². The molecule has 0 radical (unpaired) electrons. The zero-order valence-corrected chi connectivity index (χ0v) is 11.2. The molecular weight excluding hydrogens is 230 g/mol. The average molecular weight is 247 g/mol. The lowest BCUT2D eigenvalue weighted by Gasteiger charge is -2.20. The average Bonchev–Trinajstić information content (AvgIpc) is 2.73. The number of rotatable bonds is 3. The van der Waals surface area contributed by atoms with Crippen molar-refractivity contribution in [2.75, 3.05) is 6.54 Å². The van der Waals surface area contributed by atoms with E-state index in [1.165, 1.54) is 4.88 Å². The van der Waals surface area contributed by atoms with Gasteiger partial charge < -0.3 is 5.73 Å². The normalized spacial score (nSPS) is 11.8. The third kappa shape index (κ3) is 2.37. The largest absolute Gasteiger partial charge is 0.330 e. The maximum Gasteiger partial charge on any atom is 0.123 e. The Hall–Kier alpha value is -1.26. The molecule has 0 aromatic carbocycles. The van der Waals surface area contributed by atoms with Gasteiger partial charge in [0.1, 0.15) is 5.01 Å². The third-order valence-electron chi connectivity index (χ3n) is 2.85. The van der Waals surface area contributed by atoms with Crippen molar-refractivity contribution in [3.8, 4) is 10.6 Å². The maximum absolute atomic E-state index is 5.82. The summed E-state index contributed by atoms with van der Waals surface area (Å²) in [4.78, 5) is 9.92. The molecule has 0 amide bonds. The van der Waals surface area contributed by atoms with Gasteiger partial charge in [-0.2, -0.15) is 0 Å². The first-order valence-electron chi connectivity index (χ1n) is 5.63. The highest BCUT2D eigenvalue weighted by molar-refractivity contribution is 7.15. The van der Waals surface area contributed by atoms with Gasteiger partial charge in [0.2, 0.25) is 0 Å². The van der Waals surface area contributed by atoms with E-state index in [2.05, 4.69) is 23.8 Å². The molecule has 0 fully saturated rings. The lowest BCUT2D eigenvalue weighted by atomic mass is 9.91. The van der Waals surface area contributed by atoms with Gasteiger partial charge in [-0.05, 0) is 19.1 Å². The van der Waals surface area contributed by atoms with Crippen LogP contribution in [-0.2, 0) is 5.41 Å². The summed E-state index contributed by atoms with van der Waals surface area (Å²) in [5.74, 6) is 0. The third-order valence-corrected chi connectivity index (χ3v) is 4.42. The van der Waals surface area contributed by atoms with Gasteiger partial charge in [0.05, 0.1) is 5.69 Å². The molecule has 0 aliphatic rings. The van der Waals surface area contributed by atoms with Crippen LogP contribution in [0, 0.1) is 6.92 Å². The van der Waals surface area contributed by atoms with Crippen molar-refractivity contribution in [2.45, 2.75) is 26.2 Å². The molecule has 2 N–H and O–H groups in total. The molecule has 2 rings (SSSR count). The molecule has 2 aromatic rings. The highest BCUT2D eigenvalue weighted by atomic mass is 32.1. The van der Waals surface area contributed by atoms with Crippen LogP contribution in [0.2, 0.25) is 0 Å². The van der Waals surface area contributed by atoms with Crippen LogP contribution in [0.25, 0.3) is 10.6 Å². The number of nitrogens with two attached hydrogens (primary N) is 1. The minimum absolute atomic E-state index is 0.00691. The van der Waals surface area contributed by atoms with Crippen LogP contribution in [0.5, 0.6) is 0 Å². The van der Waals surface area contributed by atoms with Gasteiger partial charge in [0.25, 0.3) is 0 Å². The number of nitrogens with zero attached hydrogens (tertiary/aromatic N) is 2. The first kappa shape index (κ1) is 12.2. The Labute approximate surface area is 106 Å². The highest BCUT2D eigenvalue weighted by Gasteiger charge is 2.24. The smallest absolute Gasteiger partial charge is 0.123 e. The van der Waals surface area contributed by atoms with Gasteiger partial charge in [-0.25, -0.2) is 4.98 Å². The molecule has 0 bridgehead atoms. The first-order chi connectivity index (χ1) is 8.04. The summed E-state index contributed by atoms with van der Waals surface area (Å²) in [6, 6.07) is 3.97. The fourth-order valence-electron chi connectivity index (χ4n) is 1.73. The Bertz CT molecular complexity index is 503. The van der Waals surface area contributed by atoms with Gasteiger partial charge in [-0.1, -0.05) is 13.8 Å². The standard InChI is InChI=1S/C13H17N3S/c1-9-11(13(2,3)8-14)17-12(16-9)10-4-6-15-7-5-10/h4-7H,8,14H2,1-3H3. The summed E-state index contributed by atoms with van der Waals surface area (Å²) in [7, 11) is 0. The van der Waals surface area contributed by atoms with E-state index in [1.54, 1.807) is 23.7 Å². The Balaban J connectivity index is 2.45. The number of aromatic nitrogens is 2. The molecule has 17 heavy (non-hydrogen) atoms. The molecule has 2 aromatic heterocycles. The Kier molecular flexibility index (Phi) is 3.26. The molecule has 3 nitrogen and oxygen atoms in total. The lowest BCUT2D eigenvalue weighted by Crippen LogP contribution is -2.27. The quantitative estimate of drug-likeness (QED) is 0.907. The van der Waals surface area contributed by atoms with Crippen molar-refractivity contribution in [1.82, 2.24) is 9.97 Å². The van der Waals surface area contributed by atoms with Crippen molar-refractivity contribution >= 4 is 11.3 Å². The van der Waals surface area contributed by atoms with Crippen LogP contribution in [0.15, 0.2) is 24.5 Å². The first-order valence-corrected chi connectivity index (χ1v) is 6.44. The van der Waals surface area contributed by atoms with Crippen LogP contribution in [0.4, 0.5) is 0 Å². The predicted molar refractivity (Wildman–Crippen MR) is 72.2 cm³/mol. The summed E-state index contributed by atoms with van der Waals surface area (Å²) in [6.07, 6.45) is 3.58. The summed E-state index contributed by atoms with van der Waals surface area (Å²) in [5.41, 5.74) is 8.02. The lowest BCUT2D eigenvalue weighted by molar-refractivity contribution is 0.546. The van der Waals surface area contributed by atoms with Crippen LogP contribution >= 0.6 is 11.3 Å². The zero-order chi connectivity index (χ0) is 12.5. The number of pyridine rings is 1. The van der Waals surface area contributed by atoms with Crippen LogP contribution < -0.4 is 5.73 Å². The van der Waals surface area contributed by atoms with Crippen molar-refractivity contribution in [1.29, 1.82) is 0 Å². The van der Waals surface area contributed by atoms with Crippen molar-refractivity contribution in [3.63, 3.8) is 0 Å². The van der Waals surface area contributed by atoms with Crippen molar-refractivity contribution < 1.29 is 0 Å². The molecule has 2 heterocycles. The van der Waals surface area contributed by atoms with Crippen LogP contribution in [-0.4, -0.2) is 16.5 Å². The molecule has 4 heteroatoms. The molecule has 0 spiro atoms. The number of thiazole rings is 1. The molecule has 0 saturated heterocycles. The Morgan fingerprint density at radius 2 is 1.94 bits per heavy atom. The molecular formula is C13H17N3S. The van der Waals surface area contributed by atoms with Crippen LogP contribution in [0.3, 0.4) is 0 Å². The second kappa shape index (κ2) is 4.55. The van der Waals surface area contributed by atoms with E-state index in [4.69, 9.17) is 5.73 Å². The summed E-state index contributed by atoms with van der Waals surface area (Å²) >= 11 is 1.73. The molecule has 0 unspecified atom stereocenters. The number of hydrogen-bond acceptors (Lipinski definition) is 4. The topological polar surface area (TPSA) is 51.8 Å². The van der Waals surface area contributed by atoms with Gasteiger partial charge in [0, 0.05) is 34.8 Å². The molecule has 0 aliphatic heterocycles. The predicted octanol–water partition coefficient (Wildman–Crippen LogP) is 2.75. The maximum atomic E-state index is 5.82. The van der Waals surface area contributed by atoms with Crippen molar-refractivity contribution in [2.24, 2.45) is 5.73 Å².